The van der Waals surface area contributed by atoms with Gasteiger partial charge in [0.05, 0.1) is 0 Å². The van der Waals surface area contributed by atoms with Gasteiger partial charge in [0.2, 0.25) is 5.78 Å². The molecule has 3 rings (SSSR count). The second-order valence-electron chi connectivity index (χ2n) is 5.22. The van der Waals surface area contributed by atoms with E-state index in [1.165, 1.54) is 29.7 Å². The van der Waals surface area contributed by atoms with Gasteiger partial charge in [0, 0.05) is 5.56 Å². The van der Waals surface area contributed by atoms with Crippen LogP contribution in [0.1, 0.15) is 30.1 Å². The van der Waals surface area contributed by atoms with Gasteiger partial charge in [0.25, 0.3) is 0 Å². The molecule has 0 radical (unpaired) electrons. The van der Waals surface area contributed by atoms with Crippen LogP contribution in [0.3, 0.4) is 0 Å². The van der Waals surface area contributed by atoms with Crippen LogP contribution in [0.4, 0.5) is 0 Å². The van der Waals surface area contributed by atoms with Gasteiger partial charge in [0.1, 0.15) is 11.5 Å². The highest BCUT2D eigenvalue weighted by molar-refractivity contribution is 7.98. The quantitative estimate of drug-likeness (QED) is 0.612. The number of hydrogen-bond donors (Lipinski definition) is 0. The molecule has 2 aromatic carbocycles. The molecule has 0 saturated carbocycles. The van der Waals surface area contributed by atoms with E-state index in [0.29, 0.717) is 16.7 Å². The summed E-state index contributed by atoms with van der Waals surface area (Å²) in [5.74, 6) is 2.83. The van der Waals surface area contributed by atoms with Crippen LogP contribution >= 0.6 is 0 Å². The van der Waals surface area contributed by atoms with Crippen molar-refractivity contribution in [2.45, 2.75) is 25.0 Å². The lowest BCUT2D eigenvalue weighted by Gasteiger charge is -2.10. The van der Waals surface area contributed by atoms with Crippen LogP contribution in [0.25, 0.3) is 10.8 Å². The third-order valence-corrected chi connectivity index (χ3v) is 6.81. The van der Waals surface area contributed by atoms with Gasteiger partial charge in [0.15, 0.2) is 5.25 Å². The number of Topliss-reactive ketones (excluding diaryl/α,β-unsaturated/α-hetero) is 1. The molecule has 0 amide bonds. The minimum Gasteiger partial charge on any atom is -0.289 e. The van der Waals surface area contributed by atoms with Crippen LogP contribution in [0.15, 0.2) is 42.5 Å². The van der Waals surface area contributed by atoms with Crippen molar-refractivity contribution in [3.05, 3.63) is 48.0 Å². The third-order valence-electron chi connectivity index (χ3n) is 3.97. The van der Waals surface area contributed by atoms with Crippen molar-refractivity contribution < 1.29 is 4.79 Å². The minimum atomic E-state index is 0.198. The van der Waals surface area contributed by atoms with Crippen molar-refractivity contribution >= 4 is 27.5 Å². The number of ketones is 1. The van der Waals surface area contributed by atoms with Crippen LogP contribution < -0.4 is 0 Å². The zero-order valence-corrected chi connectivity index (χ0v) is 12.1. The highest BCUT2D eigenvalue weighted by atomic mass is 32.2. The van der Waals surface area contributed by atoms with Crippen molar-refractivity contribution in [1.29, 1.82) is 0 Å². The van der Waals surface area contributed by atoms with E-state index in [1.54, 1.807) is 0 Å². The van der Waals surface area contributed by atoms with Crippen LogP contribution in [-0.2, 0) is 10.9 Å². The summed E-state index contributed by atoms with van der Waals surface area (Å²) in [5.41, 5.74) is 0.880. The summed E-state index contributed by atoms with van der Waals surface area (Å²) in [4.78, 5) is 12.6. The number of carbonyl (C=O) groups excluding carboxylic acids is 1. The second kappa shape index (κ2) is 5.38. The van der Waals surface area contributed by atoms with Gasteiger partial charge >= 0.3 is 0 Å². The zero-order valence-electron chi connectivity index (χ0n) is 11.3. The third kappa shape index (κ3) is 2.55. The molecule has 2 aromatic rings. The topological polar surface area (TPSA) is 17.1 Å². The van der Waals surface area contributed by atoms with Crippen LogP contribution in [0.2, 0.25) is 0 Å². The fraction of sp³-hybridized carbons (Fsp3) is 0.353. The van der Waals surface area contributed by atoms with Crippen molar-refractivity contribution in [3.8, 4) is 0 Å². The molecule has 0 aliphatic carbocycles. The Morgan fingerprint density at radius 3 is 2.47 bits per heavy atom. The Kier molecular flexibility index (Phi) is 3.61. The molecule has 1 unspecified atom stereocenters. The first-order valence-electron chi connectivity index (χ1n) is 6.95. The molecule has 1 atom stereocenters. The lowest BCUT2D eigenvalue weighted by Crippen LogP contribution is -2.28. The summed E-state index contributed by atoms with van der Waals surface area (Å²) in [6.45, 7) is 2.12. The smallest absolute Gasteiger partial charge is 0.214 e. The molecular formula is C17H19OS+. The summed E-state index contributed by atoms with van der Waals surface area (Å²) in [6, 6.07) is 14.3. The average molecular weight is 271 g/mol. The van der Waals surface area contributed by atoms with Crippen molar-refractivity contribution in [1.82, 2.24) is 0 Å². The maximum absolute atomic E-state index is 12.6. The lowest BCUT2D eigenvalue weighted by atomic mass is 10.0. The molecule has 1 aliphatic heterocycles. The van der Waals surface area contributed by atoms with Crippen LogP contribution in [0, 0.1) is 0 Å². The molecule has 1 nitrogen and oxygen atoms in total. The van der Waals surface area contributed by atoms with E-state index >= 15 is 0 Å². The predicted octanol–water partition coefficient (Wildman–Crippen LogP) is 3.82. The Bertz CT molecular complexity index is 599. The van der Waals surface area contributed by atoms with Gasteiger partial charge in [-0.1, -0.05) is 36.4 Å². The molecule has 2 heteroatoms. The Labute approximate surface area is 117 Å². The van der Waals surface area contributed by atoms with Crippen molar-refractivity contribution in [2.24, 2.45) is 0 Å². The fourth-order valence-corrected chi connectivity index (χ4v) is 5.26. The number of rotatable bonds is 3. The van der Waals surface area contributed by atoms with E-state index in [0.717, 1.165) is 10.9 Å². The van der Waals surface area contributed by atoms with E-state index in [4.69, 9.17) is 0 Å². The van der Waals surface area contributed by atoms with E-state index in [1.807, 2.05) is 24.3 Å². The molecule has 0 aromatic heterocycles. The largest absolute Gasteiger partial charge is 0.289 e. The predicted molar refractivity (Wildman–Crippen MR) is 84.1 cm³/mol. The Hall–Kier alpha value is -1.28. The molecule has 1 heterocycles. The standard InChI is InChI=1S/C17H19OS/c1-13(19-10-4-5-11-19)17(18)16-9-8-14-6-2-3-7-15(14)12-16/h2-3,6-9,12-13H,4-5,10-11H2,1H3/q+1. The van der Waals surface area contributed by atoms with E-state index in [-0.39, 0.29) is 5.25 Å². The summed E-state index contributed by atoms with van der Waals surface area (Å²) >= 11 is 0. The van der Waals surface area contributed by atoms with Gasteiger partial charge in [-0.3, -0.25) is 4.79 Å². The zero-order chi connectivity index (χ0) is 13.2. The molecule has 98 valence electrons. The molecule has 1 aliphatic rings. The monoisotopic (exact) mass is 271 g/mol. The summed E-state index contributed by atoms with van der Waals surface area (Å²) in [5, 5.41) is 2.56. The lowest BCUT2D eigenvalue weighted by molar-refractivity contribution is 0.0993. The number of fused-ring (bicyclic) bond motifs is 1. The van der Waals surface area contributed by atoms with Crippen LogP contribution in [-0.4, -0.2) is 22.5 Å². The number of carbonyl (C=O) groups is 1. The van der Waals surface area contributed by atoms with Gasteiger partial charge in [-0.15, -0.1) is 0 Å². The minimum absolute atomic E-state index is 0.198. The molecule has 19 heavy (non-hydrogen) atoms. The summed E-state index contributed by atoms with van der Waals surface area (Å²) in [6.07, 6.45) is 2.61. The fourth-order valence-electron chi connectivity index (χ4n) is 2.76. The average Bonchev–Trinajstić information content (AvgIpc) is 2.99. The van der Waals surface area contributed by atoms with E-state index < -0.39 is 0 Å². The van der Waals surface area contributed by atoms with Gasteiger partial charge in [-0.2, -0.15) is 0 Å². The molecule has 0 N–H and O–H groups in total. The Morgan fingerprint density at radius 2 is 1.74 bits per heavy atom. The van der Waals surface area contributed by atoms with Gasteiger partial charge in [-0.05, 0) is 47.5 Å². The van der Waals surface area contributed by atoms with E-state index in [2.05, 4.69) is 25.1 Å². The molecule has 0 spiro atoms. The summed E-state index contributed by atoms with van der Waals surface area (Å²) < 4.78 is 0. The van der Waals surface area contributed by atoms with Crippen molar-refractivity contribution in [3.63, 3.8) is 0 Å². The first-order valence-corrected chi connectivity index (χ1v) is 8.57. The number of hydrogen-bond acceptors (Lipinski definition) is 1. The maximum Gasteiger partial charge on any atom is 0.214 e. The van der Waals surface area contributed by atoms with Gasteiger partial charge < -0.3 is 0 Å². The normalized spacial score (nSPS) is 17.7. The molecule has 1 fully saturated rings. The van der Waals surface area contributed by atoms with Crippen LogP contribution in [0.5, 0.6) is 0 Å². The first kappa shape index (κ1) is 12.7. The molecule has 0 bridgehead atoms. The number of benzene rings is 2. The highest BCUT2D eigenvalue weighted by Gasteiger charge is 2.35. The Morgan fingerprint density at radius 1 is 1.05 bits per heavy atom. The molecular weight excluding hydrogens is 252 g/mol. The first-order chi connectivity index (χ1) is 9.25. The van der Waals surface area contributed by atoms with Gasteiger partial charge in [-0.25, -0.2) is 0 Å². The second-order valence-corrected chi connectivity index (χ2v) is 7.82. The maximum atomic E-state index is 12.6. The van der Waals surface area contributed by atoms with E-state index in [9.17, 15) is 4.79 Å². The Balaban J connectivity index is 1.88. The SMILES string of the molecule is CC(C(=O)c1ccc2ccccc2c1)[S+]1CCCC1. The highest BCUT2D eigenvalue weighted by Crippen LogP contribution is 2.23. The van der Waals surface area contributed by atoms with Crippen molar-refractivity contribution in [2.75, 3.05) is 11.5 Å². The molecule has 1 saturated heterocycles. The summed E-state index contributed by atoms with van der Waals surface area (Å²) in [7, 11) is 0.314.